The third-order valence-corrected chi connectivity index (χ3v) is 3.22. The van der Waals surface area contributed by atoms with E-state index in [2.05, 4.69) is 10.3 Å². The maximum atomic E-state index is 9.18. The van der Waals surface area contributed by atoms with Gasteiger partial charge in [-0.1, -0.05) is 6.07 Å². The van der Waals surface area contributed by atoms with Gasteiger partial charge in [-0.25, -0.2) is 0 Å². The fourth-order valence-electron chi connectivity index (χ4n) is 1.68. The summed E-state index contributed by atoms with van der Waals surface area (Å²) in [4.78, 5) is 4.26. The zero-order chi connectivity index (χ0) is 13.0. The number of nitrogens with zero attached hydrogens (tertiary/aromatic N) is 1. The molecule has 1 aromatic carbocycles. The molecule has 0 heterocycles. The molecule has 98 valence electrons. The summed E-state index contributed by atoms with van der Waals surface area (Å²) in [5.41, 5.74) is 6.63. The second kappa shape index (κ2) is 5.27. The fourth-order valence-corrected chi connectivity index (χ4v) is 1.68. The molecule has 1 saturated carbocycles. The van der Waals surface area contributed by atoms with Crippen LogP contribution < -0.4 is 15.8 Å². The second-order valence-electron chi connectivity index (χ2n) is 4.72. The van der Waals surface area contributed by atoms with Crippen LogP contribution in [-0.4, -0.2) is 31.3 Å². The Morgan fingerprint density at radius 2 is 2.33 bits per heavy atom. The van der Waals surface area contributed by atoms with Gasteiger partial charge >= 0.3 is 0 Å². The van der Waals surface area contributed by atoms with E-state index in [4.69, 9.17) is 10.5 Å². The van der Waals surface area contributed by atoms with Crippen LogP contribution in [0.5, 0.6) is 5.75 Å². The number of methoxy groups -OCH3 is 1. The Kier molecular flexibility index (Phi) is 3.72. The number of hydrogen-bond acceptors (Lipinski definition) is 3. The molecule has 2 rings (SSSR count). The van der Waals surface area contributed by atoms with Gasteiger partial charge in [0.2, 0.25) is 0 Å². The predicted molar refractivity (Wildman–Crippen MR) is 71.9 cm³/mol. The first-order valence-corrected chi connectivity index (χ1v) is 5.99. The van der Waals surface area contributed by atoms with Crippen LogP contribution >= 0.6 is 0 Å². The van der Waals surface area contributed by atoms with Crippen molar-refractivity contribution in [3.05, 3.63) is 24.3 Å². The summed E-state index contributed by atoms with van der Waals surface area (Å²) in [6.07, 6.45) is 2.05. The van der Waals surface area contributed by atoms with E-state index in [-0.39, 0.29) is 12.0 Å². The maximum absolute atomic E-state index is 9.18. The van der Waals surface area contributed by atoms with Gasteiger partial charge in [-0.2, -0.15) is 0 Å². The molecule has 0 unspecified atom stereocenters. The van der Waals surface area contributed by atoms with Crippen molar-refractivity contribution < 1.29 is 9.84 Å². The van der Waals surface area contributed by atoms with Crippen LogP contribution in [-0.2, 0) is 0 Å². The minimum Gasteiger partial charge on any atom is -0.497 e. The Morgan fingerprint density at radius 1 is 1.56 bits per heavy atom. The first kappa shape index (κ1) is 12.7. The molecule has 0 aliphatic heterocycles. The Hall–Kier alpha value is -1.75. The molecule has 0 spiro atoms. The first-order valence-electron chi connectivity index (χ1n) is 5.99. The highest BCUT2D eigenvalue weighted by Crippen LogP contribution is 2.45. The largest absolute Gasteiger partial charge is 0.497 e. The molecule has 0 radical (unpaired) electrons. The molecule has 5 nitrogen and oxygen atoms in total. The lowest BCUT2D eigenvalue weighted by Gasteiger charge is -2.10. The van der Waals surface area contributed by atoms with Crippen molar-refractivity contribution in [2.45, 2.75) is 12.8 Å². The molecule has 4 N–H and O–H groups in total. The topological polar surface area (TPSA) is 79.9 Å². The first-order chi connectivity index (χ1) is 8.67. The van der Waals surface area contributed by atoms with E-state index < -0.39 is 0 Å². The second-order valence-corrected chi connectivity index (χ2v) is 4.72. The average molecular weight is 249 g/mol. The highest BCUT2D eigenvalue weighted by Gasteiger charge is 2.41. The molecule has 18 heavy (non-hydrogen) atoms. The molecule has 1 fully saturated rings. The Balaban J connectivity index is 1.93. The molecule has 5 heteroatoms. The van der Waals surface area contributed by atoms with Crippen LogP contribution in [0.15, 0.2) is 29.3 Å². The van der Waals surface area contributed by atoms with Crippen LogP contribution in [0.2, 0.25) is 0 Å². The van der Waals surface area contributed by atoms with Gasteiger partial charge in [0.15, 0.2) is 5.96 Å². The molecular formula is C13H19N3O2. The zero-order valence-electron chi connectivity index (χ0n) is 10.5. The summed E-state index contributed by atoms with van der Waals surface area (Å²) in [5.74, 6) is 1.13. The van der Waals surface area contributed by atoms with E-state index in [0.717, 1.165) is 24.3 Å². The van der Waals surface area contributed by atoms with E-state index >= 15 is 0 Å². The van der Waals surface area contributed by atoms with Gasteiger partial charge in [-0.15, -0.1) is 0 Å². The summed E-state index contributed by atoms with van der Waals surface area (Å²) in [6, 6.07) is 7.49. The molecule has 1 aromatic rings. The lowest BCUT2D eigenvalue weighted by Crippen LogP contribution is -2.24. The number of aliphatic hydroxyl groups excluding tert-OH is 1. The van der Waals surface area contributed by atoms with Gasteiger partial charge in [0, 0.05) is 17.2 Å². The molecule has 0 saturated heterocycles. The average Bonchev–Trinajstić information content (AvgIpc) is 3.17. The minimum absolute atomic E-state index is 0.0132. The van der Waals surface area contributed by atoms with Gasteiger partial charge in [0.25, 0.3) is 0 Å². The number of aliphatic hydroxyl groups is 1. The number of hydrogen-bond donors (Lipinski definition) is 3. The number of nitrogens with two attached hydrogens (primary N) is 1. The number of guanidine groups is 1. The van der Waals surface area contributed by atoms with Crippen molar-refractivity contribution in [3.63, 3.8) is 0 Å². The van der Waals surface area contributed by atoms with Crippen molar-refractivity contribution in [3.8, 4) is 5.75 Å². The SMILES string of the molecule is COc1cccc(NC(N)=NCC2(CO)CC2)c1. The van der Waals surface area contributed by atoms with Gasteiger partial charge in [0.05, 0.1) is 20.3 Å². The highest BCUT2D eigenvalue weighted by molar-refractivity contribution is 5.92. The fraction of sp³-hybridized carbons (Fsp3) is 0.462. The number of benzene rings is 1. The Labute approximate surface area is 107 Å². The molecule has 0 amide bonds. The molecule has 1 aliphatic rings. The van der Waals surface area contributed by atoms with Gasteiger partial charge < -0.3 is 20.9 Å². The number of aliphatic imine (C=N–C) groups is 1. The third kappa shape index (κ3) is 3.13. The Morgan fingerprint density at radius 3 is 2.94 bits per heavy atom. The van der Waals surface area contributed by atoms with Crippen molar-refractivity contribution in [1.29, 1.82) is 0 Å². The predicted octanol–water partition coefficient (Wildman–Crippen LogP) is 1.19. The summed E-state index contributed by atoms with van der Waals surface area (Å²) in [7, 11) is 1.62. The van der Waals surface area contributed by atoms with Crippen molar-refractivity contribution in [2.75, 3.05) is 25.6 Å². The molecule has 1 aliphatic carbocycles. The zero-order valence-corrected chi connectivity index (χ0v) is 10.5. The van der Waals surface area contributed by atoms with Crippen LogP contribution in [0.3, 0.4) is 0 Å². The Bertz CT molecular complexity index is 442. The van der Waals surface area contributed by atoms with Crippen molar-refractivity contribution >= 4 is 11.6 Å². The summed E-state index contributed by atoms with van der Waals surface area (Å²) < 4.78 is 5.12. The number of rotatable bonds is 5. The molecule has 0 bridgehead atoms. The van der Waals surface area contributed by atoms with Crippen LogP contribution in [0.1, 0.15) is 12.8 Å². The van der Waals surface area contributed by atoms with Crippen molar-refractivity contribution in [2.24, 2.45) is 16.1 Å². The number of ether oxygens (including phenoxy) is 1. The number of nitrogens with one attached hydrogen (secondary N) is 1. The van der Waals surface area contributed by atoms with E-state index in [1.807, 2.05) is 24.3 Å². The van der Waals surface area contributed by atoms with Crippen molar-refractivity contribution in [1.82, 2.24) is 0 Å². The van der Waals surface area contributed by atoms with E-state index in [9.17, 15) is 5.11 Å². The number of anilines is 1. The molecule has 0 aromatic heterocycles. The van der Waals surface area contributed by atoms with Gasteiger partial charge in [-0.05, 0) is 25.0 Å². The normalized spacial score (nSPS) is 17.3. The summed E-state index contributed by atoms with van der Waals surface area (Å²) in [6.45, 7) is 0.759. The summed E-state index contributed by atoms with van der Waals surface area (Å²) >= 11 is 0. The third-order valence-electron chi connectivity index (χ3n) is 3.22. The lowest BCUT2D eigenvalue weighted by atomic mass is 10.1. The molecule has 0 atom stereocenters. The van der Waals surface area contributed by atoms with Crippen LogP contribution in [0, 0.1) is 5.41 Å². The minimum atomic E-state index is -0.0132. The van der Waals surface area contributed by atoms with E-state index in [0.29, 0.717) is 12.5 Å². The quantitative estimate of drug-likeness (QED) is 0.541. The summed E-state index contributed by atoms with van der Waals surface area (Å²) in [5, 5.41) is 12.2. The highest BCUT2D eigenvalue weighted by atomic mass is 16.5. The van der Waals surface area contributed by atoms with E-state index in [1.54, 1.807) is 7.11 Å². The van der Waals surface area contributed by atoms with Crippen LogP contribution in [0.4, 0.5) is 5.69 Å². The monoisotopic (exact) mass is 249 g/mol. The van der Waals surface area contributed by atoms with Crippen LogP contribution in [0.25, 0.3) is 0 Å². The standard InChI is InChI=1S/C13H19N3O2/c1-18-11-4-2-3-10(7-11)16-12(14)15-8-13(9-17)5-6-13/h2-4,7,17H,5-6,8-9H2,1H3,(H3,14,15,16). The van der Waals surface area contributed by atoms with E-state index in [1.165, 1.54) is 0 Å². The smallest absolute Gasteiger partial charge is 0.193 e. The van der Waals surface area contributed by atoms with Gasteiger partial charge in [-0.3, -0.25) is 4.99 Å². The van der Waals surface area contributed by atoms with Gasteiger partial charge in [0.1, 0.15) is 5.75 Å². The molecular weight excluding hydrogens is 230 g/mol. The lowest BCUT2D eigenvalue weighted by molar-refractivity contribution is 0.217. The maximum Gasteiger partial charge on any atom is 0.193 e.